The van der Waals surface area contributed by atoms with Gasteiger partial charge in [0.25, 0.3) is 5.78 Å². The molecule has 0 aliphatic carbocycles. The van der Waals surface area contributed by atoms with Gasteiger partial charge in [0.2, 0.25) is 0 Å². The molecule has 1 rings (SSSR count). The second-order valence-electron chi connectivity index (χ2n) is 2.39. The number of rotatable bonds is 3. The van der Waals surface area contributed by atoms with E-state index in [-0.39, 0.29) is 11.3 Å². The number of benzene rings is 1. The molecule has 0 aliphatic rings. The molecule has 0 spiro atoms. The van der Waals surface area contributed by atoms with Gasteiger partial charge in [-0.05, 0) is 16.7 Å². The van der Waals surface area contributed by atoms with E-state index in [4.69, 9.17) is 10.1 Å². The van der Waals surface area contributed by atoms with Gasteiger partial charge in [-0.3, -0.25) is 0 Å². The van der Waals surface area contributed by atoms with Crippen LogP contribution in [0.25, 0.3) is 0 Å². The van der Waals surface area contributed by atoms with Crippen molar-refractivity contribution in [1.29, 1.82) is 0 Å². The Kier molecular flexibility index (Phi) is 3.33. The molecule has 1 aromatic carbocycles. The van der Waals surface area contributed by atoms with Crippen molar-refractivity contribution in [3.8, 4) is 5.75 Å². The number of hydrogen-bond donors (Lipinski definition) is 4. The Morgan fingerprint density at radius 3 is 2.46 bits per heavy atom. The van der Waals surface area contributed by atoms with Crippen molar-refractivity contribution < 1.29 is 19.8 Å². The van der Waals surface area contributed by atoms with Crippen molar-refractivity contribution in [2.24, 2.45) is 0 Å². The Balaban J connectivity index is 3.04. The first-order chi connectivity index (χ1) is 6.16. The van der Waals surface area contributed by atoms with Gasteiger partial charge in [0.1, 0.15) is 5.75 Å². The van der Waals surface area contributed by atoms with Crippen molar-refractivity contribution in [3.05, 3.63) is 29.8 Å². The molecule has 70 valence electrons. The molecule has 13 heavy (non-hydrogen) atoms. The minimum atomic E-state index is -2.63. The lowest BCUT2D eigenvalue weighted by Gasteiger charge is -2.04. The Hall–Kier alpha value is -1.00. The summed E-state index contributed by atoms with van der Waals surface area (Å²) >= 11 is 0. The highest BCUT2D eigenvalue weighted by molar-refractivity contribution is 7.38. The van der Waals surface area contributed by atoms with E-state index >= 15 is 0 Å². The van der Waals surface area contributed by atoms with Crippen molar-refractivity contribution in [1.82, 2.24) is 5.48 Å². The van der Waals surface area contributed by atoms with Crippen LogP contribution in [0.4, 0.5) is 0 Å². The molecule has 1 aromatic rings. The fourth-order valence-corrected chi connectivity index (χ4v) is 1.51. The molecule has 0 bridgehead atoms. The third-order valence-electron chi connectivity index (χ3n) is 1.57. The minimum absolute atomic E-state index is 0.133. The predicted octanol–water partition coefficient (Wildman–Crippen LogP) is 1.10. The average molecular weight is 202 g/mol. The van der Waals surface area contributed by atoms with Crippen LogP contribution in [0.1, 0.15) is 11.3 Å². The van der Waals surface area contributed by atoms with Gasteiger partial charge in [0.15, 0.2) is 0 Å². The largest absolute Gasteiger partial charge is 0.532 e. The third-order valence-corrected chi connectivity index (χ3v) is 2.41. The van der Waals surface area contributed by atoms with Crippen LogP contribution >= 0.6 is 8.03 Å². The van der Waals surface area contributed by atoms with E-state index in [2.05, 4.69) is 0 Å². The van der Waals surface area contributed by atoms with E-state index in [1.807, 2.05) is 0 Å². The summed E-state index contributed by atoms with van der Waals surface area (Å²) in [6.07, 6.45) is 0. The zero-order chi connectivity index (χ0) is 9.84. The SMILES string of the molecule is O=[P+](O)C(NO)c1ccccc1O. The Bertz CT molecular complexity index is 317. The summed E-state index contributed by atoms with van der Waals surface area (Å²) in [4.78, 5) is 8.77. The summed E-state index contributed by atoms with van der Waals surface area (Å²) in [7, 11) is -2.63. The van der Waals surface area contributed by atoms with E-state index in [0.717, 1.165) is 0 Å². The number of phenols is 1. The third kappa shape index (κ3) is 2.23. The van der Waals surface area contributed by atoms with Gasteiger partial charge in [0.05, 0.1) is 5.56 Å². The Morgan fingerprint density at radius 1 is 1.38 bits per heavy atom. The number of aromatic hydroxyl groups is 1. The van der Waals surface area contributed by atoms with Crippen LogP contribution in [-0.2, 0) is 4.57 Å². The maximum atomic E-state index is 10.7. The van der Waals surface area contributed by atoms with E-state index in [9.17, 15) is 9.67 Å². The quantitative estimate of drug-likeness (QED) is 0.435. The lowest BCUT2D eigenvalue weighted by Crippen LogP contribution is -2.13. The van der Waals surface area contributed by atoms with Crippen LogP contribution in [-0.4, -0.2) is 15.2 Å². The zero-order valence-electron chi connectivity index (χ0n) is 6.58. The second-order valence-corrected chi connectivity index (χ2v) is 3.51. The van der Waals surface area contributed by atoms with Gasteiger partial charge in [0, 0.05) is 0 Å². The maximum Gasteiger partial charge on any atom is 0.532 e. The van der Waals surface area contributed by atoms with Crippen molar-refractivity contribution in [2.75, 3.05) is 0 Å². The van der Waals surface area contributed by atoms with Crippen molar-refractivity contribution >= 4 is 8.03 Å². The number of phenolic OH excluding ortho intramolecular Hbond substituents is 1. The van der Waals surface area contributed by atoms with Crippen LogP contribution in [0.3, 0.4) is 0 Å². The molecule has 2 atom stereocenters. The van der Waals surface area contributed by atoms with Crippen LogP contribution in [0.5, 0.6) is 5.75 Å². The van der Waals surface area contributed by atoms with E-state index < -0.39 is 13.8 Å². The number of hydroxylamine groups is 1. The van der Waals surface area contributed by atoms with Gasteiger partial charge in [-0.2, -0.15) is 10.4 Å². The monoisotopic (exact) mass is 202 g/mol. The highest BCUT2D eigenvalue weighted by Crippen LogP contribution is 2.38. The molecule has 0 heterocycles. The van der Waals surface area contributed by atoms with Crippen LogP contribution in [0, 0.1) is 0 Å². The number of para-hydroxylation sites is 1. The summed E-state index contributed by atoms with van der Waals surface area (Å²) in [5.41, 5.74) is 1.85. The molecule has 0 amide bonds. The summed E-state index contributed by atoms with van der Waals surface area (Å²) in [5, 5.41) is 17.8. The van der Waals surface area contributed by atoms with Gasteiger partial charge < -0.3 is 10.3 Å². The highest BCUT2D eigenvalue weighted by Gasteiger charge is 2.32. The zero-order valence-corrected chi connectivity index (χ0v) is 7.48. The fraction of sp³-hybridized carbons (Fsp3) is 0.143. The molecular weight excluding hydrogens is 193 g/mol. The van der Waals surface area contributed by atoms with Gasteiger partial charge in [-0.15, -0.1) is 0 Å². The Labute approximate surface area is 75.5 Å². The number of nitrogens with one attached hydrogen (secondary N) is 1. The second kappa shape index (κ2) is 4.30. The molecule has 6 heteroatoms. The van der Waals surface area contributed by atoms with Crippen LogP contribution < -0.4 is 5.48 Å². The molecule has 0 aliphatic heterocycles. The summed E-state index contributed by atoms with van der Waals surface area (Å²) in [6.45, 7) is 0. The molecule has 0 saturated heterocycles. The van der Waals surface area contributed by atoms with Crippen molar-refractivity contribution in [2.45, 2.75) is 5.78 Å². The fourth-order valence-electron chi connectivity index (χ4n) is 0.957. The van der Waals surface area contributed by atoms with Crippen LogP contribution in [0.2, 0.25) is 0 Å². The summed E-state index contributed by atoms with van der Waals surface area (Å²) in [5.74, 6) is -1.29. The summed E-state index contributed by atoms with van der Waals surface area (Å²) < 4.78 is 10.7. The van der Waals surface area contributed by atoms with E-state index in [1.54, 1.807) is 17.6 Å². The summed E-state index contributed by atoms with van der Waals surface area (Å²) in [6, 6.07) is 6.00. The van der Waals surface area contributed by atoms with E-state index in [1.165, 1.54) is 12.1 Å². The minimum Gasteiger partial charge on any atom is -0.507 e. The van der Waals surface area contributed by atoms with Gasteiger partial charge in [-0.25, -0.2) is 0 Å². The van der Waals surface area contributed by atoms with Crippen molar-refractivity contribution in [3.63, 3.8) is 0 Å². The first-order valence-electron chi connectivity index (χ1n) is 3.49. The molecule has 2 unspecified atom stereocenters. The Morgan fingerprint density at radius 2 is 2.00 bits per heavy atom. The normalized spacial score (nSPS) is 13.8. The standard InChI is InChI=1S/C7H8NO4P/c9-6-4-2-1-3-5(6)7(8-10)13(11)12/h1-4,7-8,10H,(H-,9,11,12)/p+1. The van der Waals surface area contributed by atoms with Crippen LogP contribution in [0.15, 0.2) is 24.3 Å². The predicted molar refractivity (Wildman–Crippen MR) is 45.6 cm³/mol. The molecule has 0 aromatic heterocycles. The topological polar surface area (TPSA) is 89.8 Å². The molecule has 4 N–H and O–H groups in total. The molecule has 5 nitrogen and oxygen atoms in total. The van der Waals surface area contributed by atoms with Gasteiger partial charge in [-0.1, -0.05) is 12.1 Å². The van der Waals surface area contributed by atoms with E-state index in [0.29, 0.717) is 0 Å². The lowest BCUT2D eigenvalue weighted by molar-refractivity contribution is 0.150. The first kappa shape index (κ1) is 10.1. The average Bonchev–Trinajstić information content (AvgIpc) is 2.09. The number of hydrogen-bond acceptors (Lipinski definition) is 4. The smallest absolute Gasteiger partial charge is 0.507 e. The molecule has 0 radical (unpaired) electrons. The molecular formula is C7H9NO4P+. The lowest BCUT2D eigenvalue weighted by atomic mass is 10.2. The first-order valence-corrected chi connectivity index (χ1v) is 4.77. The van der Waals surface area contributed by atoms with Gasteiger partial charge >= 0.3 is 8.03 Å². The molecule has 0 fully saturated rings. The molecule has 0 saturated carbocycles. The maximum absolute atomic E-state index is 10.7. The highest BCUT2D eigenvalue weighted by atomic mass is 31.1.